The summed E-state index contributed by atoms with van der Waals surface area (Å²) < 4.78 is 5.01. The van der Waals surface area contributed by atoms with E-state index in [1.54, 1.807) is 0 Å². The number of carbonyl (C=O) groups excluding carboxylic acids is 1. The predicted molar refractivity (Wildman–Crippen MR) is 67.2 cm³/mol. The summed E-state index contributed by atoms with van der Waals surface area (Å²) in [6.45, 7) is 6.94. The zero-order chi connectivity index (χ0) is 13.5. The number of esters is 1. The first-order chi connectivity index (χ1) is 8.58. The molecule has 0 unspecified atom stereocenters. The summed E-state index contributed by atoms with van der Waals surface area (Å²) in [6, 6.07) is 5.22. The van der Waals surface area contributed by atoms with Crippen molar-refractivity contribution >= 4 is 11.7 Å². The average molecular weight is 245 g/mol. The summed E-state index contributed by atoms with van der Waals surface area (Å²) in [5.74, 6) is -0.374. The minimum atomic E-state index is -0.598. The van der Waals surface area contributed by atoms with Crippen LogP contribution in [0.1, 0.15) is 0 Å². The minimum absolute atomic E-state index is 0.0691. The summed E-state index contributed by atoms with van der Waals surface area (Å²) in [6.07, 6.45) is 4.24. The van der Waals surface area contributed by atoms with E-state index in [2.05, 4.69) is 13.2 Å². The molecule has 1 aromatic carbocycles. The molecule has 0 saturated heterocycles. The lowest BCUT2D eigenvalue weighted by Crippen LogP contribution is -2.09. The van der Waals surface area contributed by atoms with Crippen molar-refractivity contribution in [1.29, 1.82) is 0 Å². The molecule has 0 fully saturated rings. The smallest absolute Gasteiger partial charge is 0.343 e. The molecule has 5 nitrogen and oxygen atoms in total. The van der Waals surface area contributed by atoms with E-state index in [1.165, 1.54) is 42.5 Å². The molecular formula is C13H11NO4. The SMILES string of the molecule is C=C/C=C(\C=C)C(=O)Oc1ccc([N+](=O)[O-])cc1. The number of nitro groups is 1. The quantitative estimate of drug-likeness (QED) is 0.200. The first-order valence-corrected chi connectivity index (χ1v) is 5.00. The lowest BCUT2D eigenvalue weighted by molar-refractivity contribution is -0.384. The van der Waals surface area contributed by atoms with Crippen LogP contribution in [0, 0.1) is 10.1 Å². The molecule has 5 heteroatoms. The maximum atomic E-state index is 11.6. The van der Waals surface area contributed by atoms with Gasteiger partial charge in [0.15, 0.2) is 0 Å². The molecule has 0 N–H and O–H groups in total. The van der Waals surface area contributed by atoms with Crippen molar-refractivity contribution in [1.82, 2.24) is 0 Å². The standard InChI is InChI=1S/C13H11NO4/c1-3-5-10(4-2)13(15)18-12-8-6-11(7-9-12)14(16)17/h3-9H,1-2H2/b10-5+. The van der Waals surface area contributed by atoms with Crippen molar-refractivity contribution in [2.24, 2.45) is 0 Å². The molecule has 0 aliphatic heterocycles. The average Bonchev–Trinajstić information content (AvgIpc) is 2.36. The third kappa shape index (κ3) is 3.41. The van der Waals surface area contributed by atoms with Crippen LogP contribution < -0.4 is 4.74 Å². The Morgan fingerprint density at radius 3 is 2.33 bits per heavy atom. The van der Waals surface area contributed by atoms with E-state index >= 15 is 0 Å². The van der Waals surface area contributed by atoms with Gasteiger partial charge < -0.3 is 4.74 Å². The van der Waals surface area contributed by atoms with Gasteiger partial charge in [0.2, 0.25) is 0 Å². The fourth-order valence-electron chi connectivity index (χ4n) is 1.15. The lowest BCUT2D eigenvalue weighted by atomic mass is 10.2. The van der Waals surface area contributed by atoms with Crippen molar-refractivity contribution in [3.63, 3.8) is 0 Å². The molecule has 0 aliphatic rings. The molecule has 0 aromatic heterocycles. The number of allylic oxidation sites excluding steroid dienone is 2. The molecule has 0 bridgehead atoms. The Morgan fingerprint density at radius 2 is 1.89 bits per heavy atom. The molecule has 18 heavy (non-hydrogen) atoms. The topological polar surface area (TPSA) is 69.4 Å². The van der Waals surface area contributed by atoms with Crippen LogP contribution in [0.15, 0.2) is 61.2 Å². The van der Waals surface area contributed by atoms with Gasteiger partial charge in [0, 0.05) is 12.1 Å². The van der Waals surface area contributed by atoms with Crippen molar-refractivity contribution in [2.75, 3.05) is 0 Å². The predicted octanol–water partition coefficient (Wildman–Crippen LogP) is 2.80. The zero-order valence-corrected chi connectivity index (χ0v) is 9.54. The van der Waals surface area contributed by atoms with Gasteiger partial charge >= 0.3 is 5.97 Å². The van der Waals surface area contributed by atoms with Crippen molar-refractivity contribution in [2.45, 2.75) is 0 Å². The fraction of sp³-hybridized carbons (Fsp3) is 0. The second-order valence-electron chi connectivity index (χ2n) is 3.20. The second kappa shape index (κ2) is 6.15. The number of benzene rings is 1. The van der Waals surface area contributed by atoms with E-state index in [0.29, 0.717) is 0 Å². The molecule has 1 rings (SSSR count). The molecule has 1 aromatic rings. The number of carbonyl (C=O) groups is 1. The summed E-state index contributed by atoms with van der Waals surface area (Å²) in [7, 11) is 0. The highest BCUT2D eigenvalue weighted by Gasteiger charge is 2.10. The Bertz CT molecular complexity index is 514. The number of hydrogen-bond acceptors (Lipinski definition) is 4. The van der Waals surface area contributed by atoms with Crippen LogP contribution in [0.4, 0.5) is 5.69 Å². The van der Waals surface area contributed by atoms with Gasteiger partial charge in [0.25, 0.3) is 5.69 Å². The van der Waals surface area contributed by atoms with Crippen LogP contribution in [0.5, 0.6) is 5.75 Å². The minimum Gasteiger partial charge on any atom is -0.423 e. The number of non-ortho nitro benzene ring substituents is 1. The molecule has 0 aliphatic carbocycles. The van der Waals surface area contributed by atoms with Crippen LogP contribution in [0.25, 0.3) is 0 Å². The van der Waals surface area contributed by atoms with E-state index in [9.17, 15) is 14.9 Å². The molecular weight excluding hydrogens is 234 g/mol. The molecule has 92 valence electrons. The highest BCUT2D eigenvalue weighted by Crippen LogP contribution is 2.18. The Balaban J connectivity index is 2.82. The summed E-state index contributed by atoms with van der Waals surface area (Å²) in [4.78, 5) is 21.5. The molecule has 0 saturated carbocycles. The van der Waals surface area contributed by atoms with Crippen molar-refractivity contribution in [3.05, 3.63) is 71.3 Å². The second-order valence-corrected chi connectivity index (χ2v) is 3.20. The highest BCUT2D eigenvalue weighted by atomic mass is 16.6. The summed E-state index contributed by atoms with van der Waals surface area (Å²) in [5.41, 5.74) is 0.184. The number of nitrogens with zero attached hydrogens (tertiary/aromatic N) is 1. The van der Waals surface area contributed by atoms with Gasteiger partial charge in [-0.25, -0.2) is 4.79 Å². The van der Waals surface area contributed by atoms with Crippen LogP contribution in [0.2, 0.25) is 0 Å². The normalized spacial score (nSPS) is 10.6. The fourth-order valence-corrected chi connectivity index (χ4v) is 1.15. The van der Waals surface area contributed by atoms with Gasteiger partial charge in [-0.2, -0.15) is 0 Å². The zero-order valence-electron chi connectivity index (χ0n) is 9.54. The number of nitro benzene ring substituents is 1. The van der Waals surface area contributed by atoms with E-state index in [4.69, 9.17) is 4.74 Å². The largest absolute Gasteiger partial charge is 0.423 e. The van der Waals surface area contributed by atoms with Gasteiger partial charge in [-0.05, 0) is 18.2 Å². The first kappa shape index (κ1) is 13.4. The maximum Gasteiger partial charge on any atom is 0.343 e. The Morgan fingerprint density at radius 1 is 1.28 bits per heavy atom. The lowest BCUT2D eigenvalue weighted by Gasteiger charge is -2.03. The van der Waals surface area contributed by atoms with Gasteiger partial charge in [-0.15, -0.1) is 0 Å². The Hall–Kier alpha value is -2.69. The van der Waals surface area contributed by atoms with E-state index in [-0.39, 0.29) is 17.0 Å². The first-order valence-electron chi connectivity index (χ1n) is 5.00. The van der Waals surface area contributed by atoms with Crippen LogP contribution >= 0.6 is 0 Å². The number of ether oxygens (including phenoxy) is 1. The maximum absolute atomic E-state index is 11.6. The third-order valence-electron chi connectivity index (χ3n) is 2.01. The Kier molecular flexibility index (Phi) is 4.57. The van der Waals surface area contributed by atoms with Crippen LogP contribution in [-0.2, 0) is 4.79 Å². The molecule has 0 amide bonds. The molecule has 0 heterocycles. The van der Waals surface area contributed by atoms with E-state index in [0.717, 1.165) is 0 Å². The van der Waals surface area contributed by atoms with Crippen molar-refractivity contribution in [3.8, 4) is 5.75 Å². The molecule has 0 radical (unpaired) electrons. The van der Waals surface area contributed by atoms with Gasteiger partial charge in [-0.3, -0.25) is 10.1 Å². The van der Waals surface area contributed by atoms with Gasteiger partial charge in [-0.1, -0.05) is 25.3 Å². The van der Waals surface area contributed by atoms with E-state index < -0.39 is 10.9 Å². The number of rotatable bonds is 5. The Labute approximate surface area is 104 Å². The van der Waals surface area contributed by atoms with Crippen LogP contribution in [-0.4, -0.2) is 10.9 Å². The van der Waals surface area contributed by atoms with Gasteiger partial charge in [0.05, 0.1) is 10.5 Å². The van der Waals surface area contributed by atoms with Crippen molar-refractivity contribution < 1.29 is 14.5 Å². The molecule has 0 spiro atoms. The highest BCUT2D eigenvalue weighted by molar-refractivity contribution is 5.93. The summed E-state index contributed by atoms with van der Waals surface area (Å²) in [5, 5.41) is 10.4. The third-order valence-corrected chi connectivity index (χ3v) is 2.01. The summed E-state index contributed by atoms with van der Waals surface area (Å²) >= 11 is 0. The number of hydrogen-bond donors (Lipinski definition) is 0. The van der Waals surface area contributed by atoms with Gasteiger partial charge in [0.1, 0.15) is 5.75 Å². The molecule has 0 atom stereocenters. The monoisotopic (exact) mass is 245 g/mol. The van der Waals surface area contributed by atoms with E-state index in [1.807, 2.05) is 0 Å². The van der Waals surface area contributed by atoms with Crippen LogP contribution in [0.3, 0.4) is 0 Å².